The summed E-state index contributed by atoms with van der Waals surface area (Å²) in [5, 5.41) is 7.35. The van der Waals surface area contributed by atoms with E-state index in [-0.39, 0.29) is 17.9 Å². The van der Waals surface area contributed by atoms with Crippen LogP contribution >= 0.6 is 0 Å². The normalized spacial score (nSPS) is 16.4. The summed E-state index contributed by atoms with van der Waals surface area (Å²) >= 11 is 0. The minimum atomic E-state index is -0.823. The molecular formula is C37H46N6O3. The summed E-state index contributed by atoms with van der Waals surface area (Å²) in [5.74, 6) is 0.641. The molecule has 4 aromatic rings. The third-order valence-corrected chi connectivity index (χ3v) is 9.11. The molecule has 1 aliphatic heterocycles. The lowest BCUT2D eigenvalue weighted by Crippen LogP contribution is -2.56. The highest BCUT2D eigenvalue weighted by Crippen LogP contribution is 2.34. The fourth-order valence-electron chi connectivity index (χ4n) is 6.18. The minimum absolute atomic E-state index is 0.234. The first-order chi connectivity index (χ1) is 22.2. The summed E-state index contributed by atoms with van der Waals surface area (Å²) in [4.78, 5) is 37.6. The Labute approximate surface area is 271 Å². The number of aromatic nitrogens is 1. The van der Waals surface area contributed by atoms with Crippen molar-refractivity contribution in [2.75, 3.05) is 57.1 Å². The second-order valence-electron chi connectivity index (χ2n) is 13.1. The van der Waals surface area contributed by atoms with Crippen molar-refractivity contribution in [1.29, 1.82) is 0 Å². The number of piperazine rings is 1. The highest BCUT2D eigenvalue weighted by Gasteiger charge is 2.33. The van der Waals surface area contributed by atoms with Gasteiger partial charge in [-0.3, -0.25) is 4.79 Å². The van der Waals surface area contributed by atoms with E-state index in [4.69, 9.17) is 4.74 Å². The van der Waals surface area contributed by atoms with E-state index in [1.54, 1.807) is 0 Å². The molecule has 2 aliphatic rings. The molecule has 1 aliphatic carbocycles. The van der Waals surface area contributed by atoms with Gasteiger partial charge in [0.05, 0.1) is 12.3 Å². The highest BCUT2D eigenvalue weighted by molar-refractivity contribution is 5.99. The number of rotatable bonds is 11. The lowest BCUT2D eigenvalue weighted by molar-refractivity contribution is -0.118. The summed E-state index contributed by atoms with van der Waals surface area (Å²) in [6.07, 6.45) is 4.30. The number of fused-ring (bicyclic) bond motifs is 1. The zero-order valence-electron chi connectivity index (χ0n) is 27.4. The van der Waals surface area contributed by atoms with Crippen molar-refractivity contribution >= 4 is 34.2 Å². The monoisotopic (exact) mass is 622 g/mol. The van der Waals surface area contributed by atoms with E-state index in [9.17, 15) is 9.59 Å². The number of H-pyrrole nitrogens is 1. The van der Waals surface area contributed by atoms with E-state index in [1.165, 1.54) is 18.4 Å². The Bertz CT molecular complexity index is 1650. The number of nitrogens with one attached hydrogen (secondary N) is 3. The molecule has 0 spiro atoms. The molecular weight excluding hydrogens is 576 g/mol. The number of aryl methyl sites for hydroxylation is 1. The second kappa shape index (κ2) is 13.9. The third-order valence-electron chi connectivity index (χ3n) is 9.11. The average molecular weight is 623 g/mol. The summed E-state index contributed by atoms with van der Waals surface area (Å²) in [5.41, 5.74) is 6.05. The number of para-hydroxylation sites is 1. The van der Waals surface area contributed by atoms with Crippen LogP contribution < -0.4 is 20.3 Å². The Morgan fingerprint density at radius 1 is 1.00 bits per heavy atom. The molecule has 242 valence electrons. The number of carbonyl (C=O) groups is 2. The molecule has 3 N–H and O–H groups in total. The average Bonchev–Trinajstić information content (AvgIpc) is 3.79. The van der Waals surface area contributed by atoms with Gasteiger partial charge in [0.25, 0.3) is 0 Å². The standard InChI is InChI=1S/C37H46N6O3/c1-25-9-14-29(15-10-25)42-17-19-43(20-18-42)37(45)40-35(26(2)31-22-38-32-8-6-5-7-30(31)32)36(44)39-33-21-28(23-41(3)4)13-16-34(33)46-24-27-11-12-27/h5-10,13-16,21-22,26-27,35,38H,11-12,17-20,23-24H2,1-4H3,(H,39,44)(H,40,45). The lowest BCUT2D eigenvalue weighted by atomic mass is 9.92. The molecule has 3 amide bonds. The number of ether oxygens (including phenoxy) is 1. The molecule has 1 saturated heterocycles. The minimum Gasteiger partial charge on any atom is -0.491 e. The summed E-state index contributed by atoms with van der Waals surface area (Å²) < 4.78 is 6.19. The number of hydrogen-bond donors (Lipinski definition) is 3. The van der Waals surface area contributed by atoms with Crippen molar-refractivity contribution in [1.82, 2.24) is 20.1 Å². The van der Waals surface area contributed by atoms with Crippen molar-refractivity contribution in [3.05, 3.63) is 89.6 Å². The Kier molecular flexibility index (Phi) is 9.49. The Balaban J connectivity index is 1.23. The van der Waals surface area contributed by atoms with Gasteiger partial charge in [0.2, 0.25) is 5.91 Å². The first kappa shape index (κ1) is 31.5. The Morgan fingerprint density at radius 2 is 1.74 bits per heavy atom. The van der Waals surface area contributed by atoms with Crippen LogP contribution in [0.15, 0.2) is 72.9 Å². The molecule has 1 saturated carbocycles. The van der Waals surface area contributed by atoms with Gasteiger partial charge in [-0.25, -0.2) is 4.79 Å². The van der Waals surface area contributed by atoms with Crippen molar-refractivity contribution in [2.45, 2.75) is 45.2 Å². The summed E-state index contributed by atoms with van der Waals surface area (Å²) in [7, 11) is 4.04. The van der Waals surface area contributed by atoms with E-state index in [0.717, 1.165) is 47.4 Å². The van der Waals surface area contributed by atoms with Crippen LogP contribution in [0.1, 0.15) is 42.4 Å². The van der Waals surface area contributed by atoms with Gasteiger partial charge in [0.15, 0.2) is 0 Å². The highest BCUT2D eigenvalue weighted by atomic mass is 16.5. The molecule has 2 heterocycles. The van der Waals surface area contributed by atoms with Crippen LogP contribution in [0.3, 0.4) is 0 Å². The van der Waals surface area contributed by atoms with E-state index in [0.29, 0.717) is 37.1 Å². The zero-order chi connectivity index (χ0) is 32.2. The molecule has 46 heavy (non-hydrogen) atoms. The molecule has 0 radical (unpaired) electrons. The van der Waals surface area contributed by atoms with Gasteiger partial charge in [-0.05, 0) is 81.2 Å². The van der Waals surface area contributed by atoms with Gasteiger partial charge in [0.1, 0.15) is 11.8 Å². The van der Waals surface area contributed by atoms with Gasteiger partial charge in [-0.2, -0.15) is 0 Å². The maximum absolute atomic E-state index is 14.3. The first-order valence-corrected chi connectivity index (χ1v) is 16.4. The molecule has 6 rings (SSSR count). The number of carbonyl (C=O) groups excluding carboxylic acids is 2. The number of urea groups is 1. The molecule has 0 bridgehead atoms. The molecule has 9 nitrogen and oxygen atoms in total. The van der Waals surface area contributed by atoms with Gasteiger partial charge in [-0.1, -0.05) is 48.9 Å². The van der Waals surface area contributed by atoms with Crippen molar-refractivity contribution in [2.24, 2.45) is 5.92 Å². The molecule has 2 fully saturated rings. The quantitative estimate of drug-likeness (QED) is 0.192. The SMILES string of the molecule is Cc1ccc(N2CCN(C(=O)NC(C(=O)Nc3cc(CN(C)C)ccc3OCC3CC3)C(C)c3c[nH]c4ccccc34)CC2)cc1. The Hall–Kier alpha value is -4.50. The third kappa shape index (κ3) is 7.48. The predicted octanol–water partition coefficient (Wildman–Crippen LogP) is 5.97. The van der Waals surface area contributed by atoms with Crippen LogP contribution in [-0.2, 0) is 11.3 Å². The molecule has 2 atom stereocenters. The van der Waals surface area contributed by atoms with Gasteiger partial charge in [0, 0.05) is 61.4 Å². The molecule has 1 aromatic heterocycles. The van der Waals surface area contributed by atoms with Crippen molar-refractivity contribution in [3.8, 4) is 5.75 Å². The zero-order valence-corrected chi connectivity index (χ0v) is 27.4. The number of benzene rings is 3. The second-order valence-corrected chi connectivity index (χ2v) is 13.1. The maximum Gasteiger partial charge on any atom is 0.318 e. The van der Waals surface area contributed by atoms with Gasteiger partial charge >= 0.3 is 6.03 Å². The fraction of sp³-hybridized carbons (Fsp3) is 0.405. The van der Waals surface area contributed by atoms with E-state index in [1.807, 2.05) is 74.6 Å². The maximum atomic E-state index is 14.3. The van der Waals surface area contributed by atoms with Crippen LogP contribution in [0.5, 0.6) is 5.75 Å². The molecule has 3 aromatic carbocycles. The van der Waals surface area contributed by atoms with Crippen LogP contribution in [0.4, 0.5) is 16.2 Å². The number of hydrogen-bond acceptors (Lipinski definition) is 5. The van der Waals surface area contributed by atoms with Gasteiger partial charge in [-0.15, -0.1) is 0 Å². The number of amides is 3. The number of aromatic amines is 1. The van der Waals surface area contributed by atoms with Crippen LogP contribution in [0, 0.1) is 12.8 Å². The first-order valence-electron chi connectivity index (χ1n) is 16.4. The van der Waals surface area contributed by atoms with Crippen molar-refractivity contribution in [3.63, 3.8) is 0 Å². The smallest absolute Gasteiger partial charge is 0.318 e. The van der Waals surface area contributed by atoms with E-state index < -0.39 is 6.04 Å². The van der Waals surface area contributed by atoms with E-state index in [2.05, 4.69) is 56.6 Å². The number of nitrogens with zero attached hydrogens (tertiary/aromatic N) is 3. The van der Waals surface area contributed by atoms with E-state index >= 15 is 0 Å². The lowest BCUT2D eigenvalue weighted by Gasteiger charge is -2.37. The van der Waals surface area contributed by atoms with Gasteiger partial charge < -0.3 is 35.1 Å². The number of anilines is 2. The van der Waals surface area contributed by atoms with Crippen LogP contribution in [0.2, 0.25) is 0 Å². The van der Waals surface area contributed by atoms with Crippen LogP contribution in [-0.4, -0.2) is 79.6 Å². The topological polar surface area (TPSA) is 92.9 Å². The van der Waals surface area contributed by atoms with Crippen LogP contribution in [0.25, 0.3) is 10.9 Å². The fourth-order valence-corrected chi connectivity index (χ4v) is 6.18. The van der Waals surface area contributed by atoms with Crippen molar-refractivity contribution < 1.29 is 14.3 Å². The molecule has 9 heteroatoms. The predicted molar refractivity (Wildman–Crippen MR) is 185 cm³/mol. The largest absolute Gasteiger partial charge is 0.491 e. The Morgan fingerprint density at radius 3 is 2.46 bits per heavy atom. The summed E-state index contributed by atoms with van der Waals surface area (Å²) in [6.45, 7) is 8.05. The summed E-state index contributed by atoms with van der Waals surface area (Å²) in [6, 6.07) is 21.5. The molecule has 2 unspecified atom stereocenters.